The summed E-state index contributed by atoms with van der Waals surface area (Å²) in [5, 5.41) is 0. The number of benzene rings is 2. The van der Waals surface area contributed by atoms with Crippen LogP contribution in [0.3, 0.4) is 0 Å². The van der Waals surface area contributed by atoms with Crippen molar-refractivity contribution in [1.29, 1.82) is 0 Å². The Morgan fingerprint density at radius 3 is 1.95 bits per heavy atom. The van der Waals surface area contributed by atoms with Crippen LogP contribution in [0.5, 0.6) is 0 Å². The maximum absolute atomic E-state index is 9.55. The minimum absolute atomic E-state index is 0.575. The maximum atomic E-state index is 9.55. The van der Waals surface area contributed by atoms with E-state index in [-0.39, 0.29) is 0 Å². The van der Waals surface area contributed by atoms with Gasteiger partial charge in [-0.05, 0) is 84.8 Å². The molecule has 2 nitrogen and oxygen atoms in total. The van der Waals surface area contributed by atoms with Crippen molar-refractivity contribution in [1.82, 2.24) is 0 Å². The molecule has 0 unspecified atom stereocenters. The topological polar surface area (TPSA) is 36.4 Å². The Bertz CT molecular complexity index is 1070. The third-order valence-corrected chi connectivity index (χ3v) is 7.26. The molecular weight excluding hydrogens is 715 g/mol. The van der Waals surface area contributed by atoms with Crippen LogP contribution >= 0.6 is 26.9 Å². The second-order valence-electron chi connectivity index (χ2n) is 10.5. The Morgan fingerprint density at radius 1 is 0.700 bits per heavy atom. The van der Waals surface area contributed by atoms with E-state index in [9.17, 15) is 5.53 Å². The fourth-order valence-corrected chi connectivity index (χ4v) is 5.04. The predicted molar refractivity (Wildman–Crippen MR) is 179 cm³/mol. The third kappa shape index (κ3) is 14.7. The van der Waals surface area contributed by atoms with Gasteiger partial charge in [0.25, 0.3) is 0 Å². The number of halogens is 2. The van der Waals surface area contributed by atoms with Gasteiger partial charge in [-0.3, -0.25) is 0 Å². The summed E-state index contributed by atoms with van der Waals surface area (Å²) in [6.45, 7) is 8.99. The molecule has 0 amide bonds. The van der Waals surface area contributed by atoms with E-state index in [0.29, 0.717) is 13.9 Å². The summed E-state index contributed by atoms with van der Waals surface area (Å²) < 4.78 is 0. The fraction of sp³-hybridized carbons (Fsp3) is 0.543. The number of hydrogen-bond donors (Lipinski definition) is 0. The van der Waals surface area contributed by atoms with Gasteiger partial charge >= 0.3 is 46.7 Å². The normalized spacial score (nSPS) is 11.2. The number of unbranched alkanes of at least 4 members (excludes halogenated alkanes) is 7. The van der Waals surface area contributed by atoms with Gasteiger partial charge in [0, 0.05) is 0 Å². The monoisotopic (exact) mass is 762 g/mol. The molecule has 224 valence electrons. The van der Waals surface area contributed by atoms with Gasteiger partial charge in [-0.1, -0.05) is 121 Å². The van der Waals surface area contributed by atoms with Crippen molar-refractivity contribution in [3.8, 4) is 0 Å². The molecule has 2 rings (SSSR count). The summed E-state index contributed by atoms with van der Waals surface area (Å²) in [5.74, 6) is 3.00. The van der Waals surface area contributed by atoms with Crippen molar-refractivity contribution in [3.63, 3.8) is 0 Å². The van der Waals surface area contributed by atoms with Gasteiger partial charge in [0.2, 0.25) is 0 Å². The SMILES string of the molecule is CCCCCCc1ccc(C(=C(CCCCC)C(=C=[N+]=[N-])CCCC)c2cccc(CCCC)c2)cc1.[Br][Pd][Br]. The zero-order valence-corrected chi connectivity index (χ0v) is 29.9. The summed E-state index contributed by atoms with van der Waals surface area (Å²) in [6, 6.07) is 18.4. The van der Waals surface area contributed by atoms with Crippen LogP contribution in [0.1, 0.15) is 133 Å². The average Bonchev–Trinajstić information content (AvgIpc) is 2.97. The van der Waals surface area contributed by atoms with Crippen molar-refractivity contribution in [3.05, 3.63) is 87.5 Å². The van der Waals surface area contributed by atoms with Crippen LogP contribution in [0, 0.1) is 0 Å². The zero-order chi connectivity index (χ0) is 29.4. The molecule has 0 atom stereocenters. The van der Waals surface area contributed by atoms with E-state index in [1.54, 1.807) is 0 Å². The Labute approximate surface area is 266 Å². The van der Waals surface area contributed by atoms with E-state index in [1.165, 1.54) is 84.8 Å². The van der Waals surface area contributed by atoms with E-state index < -0.39 is 0 Å². The molecule has 2 aromatic carbocycles. The Hall–Kier alpha value is -1.04. The second kappa shape index (κ2) is 24.6. The number of nitrogens with zero attached hydrogens (tertiary/aromatic N) is 2. The van der Waals surface area contributed by atoms with Crippen LogP contribution in [0.2, 0.25) is 0 Å². The van der Waals surface area contributed by atoms with Crippen LogP contribution < -0.4 is 0 Å². The Morgan fingerprint density at radius 2 is 1.32 bits per heavy atom. The molecular formula is C35H50Br2N2Pd. The van der Waals surface area contributed by atoms with Crippen molar-refractivity contribution in [2.24, 2.45) is 0 Å². The molecule has 0 spiro atoms. The molecule has 0 N–H and O–H groups in total. The van der Waals surface area contributed by atoms with Gasteiger partial charge in [-0.15, -0.1) is 4.79 Å². The molecule has 0 bridgehead atoms. The van der Waals surface area contributed by atoms with E-state index in [4.69, 9.17) is 0 Å². The van der Waals surface area contributed by atoms with Gasteiger partial charge in [0.05, 0.1) is 5.57 Å². The van der Waals surface area contributed by atoms with E-state index in [1.807, 2.05) is 0 Å². The quantitative estimate of drug-likeness (QED) is 0.0362. The molecule has 0 radical (unpaired) electrons. The molecule has 5 heteroatoms. The number of allylic oxidation sites excluding steroid dienone is 2. The van der Waals surface area contributed by atoms with E-state index >= 15 is 0 Å². The first-order valence-corrected chi connectivity index (χ1v) is 22.4. The molecule has 0 saturated carbocycles. The van der Waals surface area contributed by atoms with Crippen molar-refractivity contribution >= 4 is 38.3 Å². The first-order chi connectivity index (χ1) is 19.6. The second-order valence-corrected chi connectivity index (χ2v) is 17.6. The van der Waals surface area contributed by atoms with Crippen LogP contribution in [0.25, 0.3) is 11.1 Å². The third-order valence-electron chi connectivity index (χ3n) is 7.26. The Kier molecular flexibility index (Phi) is 22.7. The molecule has 0 fully saturated rings. The summed E-state index contributed by atoms with van der Waals surface area (Å²) in [5.41, 5.74) is 18.5. The molecule has 0 aliphatic heterocycles. The van der Waals surface area contributed by atoms with Gasteiger partial charge < -0.3 is 5.53 Å². The van der Waals surface area contributed by atoms with Crippen LogP contribution in [0.4, 0.5) is 0 Å². The summed E-state index contributed by atoms with van der Waals surface area (Å²) in [6.07, 6.45) is 17.4. The molecule has 0 aliphatic carbocycles. The molecule has 0 heterocycles. The van der Waals surface area contributed by atoms with E-state index in [2.05, 4.69) is 114 Å². The summed E-state index contributed by atoms with van der Waals surface area (Å²) in [4.78, 5) is 3.41. The first kappa shape index (κ1) is 37.0. The molecule has 0 saturated heterocycles. The number of rotatable bonds is 18. The molecule has 0 aromatic heterocycles. The minimum atomic E-state index is 0.575. The van der Waals surface area contributed by atoms with E-state index in [0.717, 1.165) is 50.5 Å². The van der Waals surface area contributed by atoms with Crippen LogP contribution in [0.15, 0.2) is 59.7 Å². The first-order valence-electron chi connectivity index (χ1n) is 15.3. The van der Waals surface area contributed by atoms with Crippen LogP contribution in [-0.4, -0.2) is 10.7 Å². The van der Waals surface area contributed by atoms with Gasteiger partial charge in [0.1, 0.15) is 0 Å². The summed E-state index contributed by atoms with van der Waals surface area (Å²) in [7, 11) is 0. The number of aryl methyl sites for hydroxylation is 2. The van der Waals surface area contributed by atoms with Crippen molar-refractivity contribution in [2.75, 3.05) is 0 Å². The molecule has 2 aromatic rings. The fourth-order valence-electron chi connectivity index (χ4n) is 5.04. The zero-order valence-electron chi connectivity index (χ0n) is 25.2. The van der Waals surface area contributed by atoms with Crippen molar-refractivity contribution in [2.45, 2.75) is 124 Å². The Balaban J connectivity index is 0.00000254. The summed E-state index contributed by atoms with van der Waals surface area (Å²) >= 11 is 6.80. The average molecular weight is 765 g/mol. The molecule has 0 aliphatic rings. The molecule has 40 heavy (non-hydrogen) atoms. The van der Waals surface area contributed by atoms with Crippen LogP contribution in [-0.2, 0) is 26.8 Å². The standard InChI is InChI=1S/C35H50N2.2BrH.Pd/c1-5-9-13-15-18-29-23-25-31(26-24-29)35(32-21-16-19-30(27-32)17-11-7-3)34(22-14-10-6-2)33(28-37-36)20-12-8-4;;;/h16,19,21,23-27H,5-15,17-18,20,22H2,1-4H3;2*1H;/q;;;+2/p-2. The van der Waals surface area contributed by atoms with Crippen molar-refractivity contribution < 1.29 is 18.7 Å². The van der Waals surface area contributed by atoms with Gasteiger partial charge in [0.15, 0.2) is 0 Å². The predicted octanol–water partition coefficient (Wildman–Crippen LogP) is 12.2. The number of hydrogen-bond acceptors (Lipinski definition) is 0. The van der Waals surface area contributed by atoms with Gasteiger partial charge in [-0.25, -0.2) is 0 Å². The van der Waals surface area contributed by atoms with Gasteiger partial charge in [-0.2, -0.15) is 0 Å².